The second-order valence-electron chi connectivity index (χ2n) is 4.18. The third-order valence-electron chi connectivity index (χ3n) is 3.09. The van der Waals surface area contributed by atoms with Crippen molar-refractivity contribution >= 4 is 17.3 Å². The molecule has 0 amide bonds. The summed E-state index contributed by atoms with van der Waals surface area (Å²) in [6, 6.07) is 0.488. The van der Waals surface area contributed by atoms with Crippen LogP contribution in [0.2, 0.25) is 0 Å². The van der Waals surface area contributed by atoms with E-state index in [2.05, 4.69) is 35.9 Å². The molecule has 1 unspecified atom stereocenters. The molecule has 0 radical (unpaired) electrons. The molecular weight excluding hydrogens is 206 g/mol. The molecule has 0 saturated carbocycles. The highest BCUT2D eigenvalue weighted by Gasteiger charge is 2.17. The van der Waals surface area contributed by atoms with Gasteiger partial charge in [0.05, 0.1) is 0 Å². The van der Waals surface area contributed by atoms with E-state index < -0.39 is 0 Å². The van der Waals surface area contributed by atoms with E-state index in [0.29, 0.717) is 6.04 Å². The summed E-state index contributed by atoms with van der Waals surface area (Å²) < 4.78 is 0. The maximum absolute atomic E-state index is 5.39. The van der Waals surface area contributed by atoms with Crippen molar-refractivity contribution in [2.45, 2.75) is 33.2 Å². The fraction of sp³-hybridized carbons (Fsp3) is 0.909. The highest BCUT2D eigenvalue weighted by Crippen LogP contribution is 2.02. The zero-order chi connectivity index (χ0) is 11.3. The van der Waals surface area contributed by atoms with Crippen molar-refractivity contribution in [1.29, 1.82) is 0 Å². The average Bonchev–Trinajstić information content (AvgIpc) is 2.29. The maximum atomic E-state index is 5.39. The Morgan fingerprint density at radius 3 is 2.33 bits per heavy atom. The van der Waals surface area contributed by atoms with Gasteiger partial charge in [0.25, 0.3) is 0 Å². The van der Waals surface area contributed by atoms with Crippen molar-refractivity contribution in [3.8, 4) is 0 Å². The Hall–Kier alpha value is -0.350. The molecule has 1 aliphatic rings. The molecule has 0 aromatic rings. The summed E-state index contributed by atoms with van der Waals surface area (Å²) in [5.74, 6) is 0. The van der Waals surface area contributed by atoms with Gasteiger partial charge in [-0.2, -0.15) is 0 Å². The van der Waals surface area contributed by atoms with Crippen LogP contribution in [0.25, 0.3) is 0 Å². The fourth-order valence-corrected chi connectivity index (χ4v) is 2.06. The molecule has 1 fully saturated rings. The first-order valence-corrected chi connectivity index (χ1v) is 6.36. The molecule has 4 heteroatoms. The van der Waals surface area contributed by atoms with Gasteiger partial charge in [-0.1, -0.05) is 13.8 Å². The Labute approximate surface area is 98.8 Å². The first kappa shape index (κ1) is 12.7. The van der Waals surface area contributed by atoms with Gasteiger partial charge in [0.1, 0.15) is 0 Å². The number of likely N-dealkylation sites (N-methyl/N-ethyl adjacent to an activating group) is 1. The van der Waals surface area contributed by atoms with E-state index in [1.54, 1.807) is 0 Å². The van der Waals surface area contributed by atoms with E-state index in [9.17, 15) is 0 Å². The van der Waals surface area contributed by atoms with Crippen LogP contribution >= 0.6 is 12.2 Å². The molecule has 3 nitrogen and oxygen atoms in total. The zero-order valence-corrected chi connectivity index (χ0v) is 10.9. The summed E-state index contributed by atoms with van der Waals surface area (Å²) in [5, 5.41) is 4.30. The van der Waals surface area contributed by atoms with Crippen LogP contribution < -0.4 is 5.32 Å². The number of hydrogen-bond donors (Lipinski definition) is 1. The molecule has 1 heterocycles. The minimum absolute atomic E-state index is 0.488. The topological polar surface area (TPSA) is 18.5 Å². The lowest BCUT2D eigenvalue weighted by atomic mass is 10.2. The molecule has 0 aromatic heterocycles. The number of nitrogens with zero attached hydrogens (tertiary/aromatic N) is 2. The Kier molecular flexibility index (Phi) is 5.32. The summed E-state index contributed by atoms with van der Waals surface area (Å²) in [7, 11) is 0. The SMILES string of the molecule is CCC(C)NC(=S)N1CCN(CC)CC1. The Balaban J connectivity index is 2.30. The number of thiocarbonyl (C=S) groups is 1. The number of piperazine rings is 1. The molecule has 0 aromatic carbocycles. The van der Waals surface area contributed by atoms with Gasteiger partial charge in [-0.3, -0.25) is 0 Å². The van der Waals surface area contributed by atoms with Crippen LogP contribution in [0.1, 0.15) is 27.2 Å². The maximum Gasteiger partial charge on any atom is 0.169 e. The van der Waals surface area contributed by atoms with Crippen LogP contribution in [-0.2, 0) is 0 Å². The Morgan fingerprint density at radius 1 is 1.27 bits per heavy atom. The van der Waals surface area contributed by atoms with Crippen LogP contribution in [0, 0.1) is 0 Å². The lowest BCUT2D eigenvalue weighted by Gasteiger charge is -2.36. The second-order valence-corrected chi connectivity index (χ2v) is 4.57. The Morgan fingerprint density at radius 2 is 1.87 bits per heavy atom. The smallest absolute Gasteiger partial charge is 0.169 e. The van der Waals surface area contributed by atoms with Crippen LogP contribution in [0.5, 0.6) is 0 Å². The van der Waals surface area contributed by atoms with Gasteiger partial charge in [-0.25, -0.2) is 0 Å². The van der Waals surface area contributed by atoms with E-state index in [4.69, 9.17) is 12.2 Å². The van der Waals surface area contributed by atoms with Gasteiger partial charge >= 0.3 is 0 Å². The number of rotatable bonds is 3. The normalized spacial score (nSPS) is 20.1. The van der Waals surface area contributed by atoms with Gasteiger partial charge < -0.3 is 15.1 Å². The lowest BCUT2D eigenvalue weighted by molar-refractivity contribution is 0.188. The first-order chi connectivity index (χ1) is 7.17. The van der Waals surface area contributed by atoms with Crippen LogP contribution in [-0.4, -0.2) is 53.7 Å². The quantitative estimate of drug-likeness (QED) is 0.735. The van der Waals surface area contributed by atoms with Gasteiger partial charge in [-0.05, 0) is 32.1 Å². The van der Waals surface area contributed by atoms with E-state index in [1.807, 2.05) is 0 Å². The summed E-state index contributed by atoms with van der Waals surface area (Å²) >= 11 is 5.39. The van der Waals surface area contributed by atoms with Crippen LogP contribution in [0.3, 0.4) is 0 Å². The largest absolute Gasteiger partial charge is 0.360 e. The van der Waals surface area contributed by atoms with Crippen LogP contribution in [0.4, 0.5) is 0 Å². The lowest BCUT2D eigenvalue weighted by Crippen LogP contribution is -2.52. The molecular formula is C11H23N3S. The molecule has 0 aliphatic carbocycles. The van der Waals surface area contributed by atoms with Gasteiger partial charge in [-0.15, -0.1) is 0 Å². The van der Waals surface area contributed by atoms with E-state index >= 15 is 0 Å². The summed E-state index contributed by atoms with van der Waals surface area (Å²) in [6.45, 7) is 12.1. The predicted molar refractivity (Wildman–Crippen MR) is 69.2 cm³/mol. The highest BCUT2D eigenvalue weighted by molar-refractivity contribution is 7.80. The third-order valence-corrected chi connectivity index (χ3v) is 3.47. The summed E-state index contributed by atoms with van der Waals surface area (Å²) in [5.41, 5.74) is 0. The van der Waals surface area contributed by atoms with Gasteiger partial charge in [0.2, 0.25) is 0 Å². The van der Waals surface area contributed by atoms with E-state index in [1.165, 1.54) is 0 Å². The fourth-order valence-electron chi connectivity index (χ4n) is 1.67. The van der Waals surface area contributed by atoms with Crippen molar-refractivity contribution in [3.63, 3.8) is 0 Å². The monoisotopic (exact) mass is 229 g/mol. The minimum atomic E-state index is 0.488. The average molecular weight is 229 g/mol. The first-order valence-electron chi connectivity index (χ1n) is 5.95. The molecule has 1 rings (SSSR count). The van der Waals surface area contributed by atoms with Crippen molar-refractivity contribution < 1.29 is 0 Å². The molecule has 0 bridgehead atoms. The molecule has 0 spiro atoms. The minimum Gasteiger partial charge on any atom is -0.360 e. The summed E-state index contributed by atoms with van der Waals surface area (Å²) in [6.07, 6.45) is 1.12. The second kappa shape index (κ2) is 6.28. The van der Waals surface area contributed by atoms with Crippen LogP contribution in [0.15, 0.2) is 0 Å². The highest BCUT2D eigenvalue weighted by atomic mass is 32.1. The zero-order valence-electron chi connectivity index (χ0n) is 10.1. The molecule has 1 atom stereocenters. The van der Waals surface area contributed by atoms with Crippen molar-refractivity contribution in [3.05, 3.63) is 0 Å². The van der Waals surface area contributed by atoms with E-state index in [0.717, 1.165) is 44.3 Å². The van der Waals surface area contributed by atoms with Gasteiger partial charge in [0.15, 0.2) is 5.11 Å². The Bertz CT molecular complexity index is 200. The molecule has 15 heavy (non-hydrogen) atoms. The van der Waals surface area contributed by atoms with Crippen molar-refractivity contribution in [1.82, 2.24) is 15.1 Å². The molecule has 1 saturated heterocycles. The van der Waals surface area contributed by atoms with Gasteiger partial charge in [0, 0.05) is 32.2 Å². The van der Waals surface area contributed by atoms with E-state index in [-0.39, 0.29) is 0 Å². The standard InChI is InChI=1S/C11H23N3S/c1-4-10(3)12-11(15)14-8-6-13(5-2)7-9-14/h10H,4-9H2,1-3H3,(H,12,15). The number of nitrogens with one attached hydrogen (secondary N) is 1. The summed E-state index contributed by atoms with van der Waals surface area (Å²) in [4.78, 5) is 4.75. The predicted octanol–water partition coefficient (Wildman–Crippen LogP) is 1.30. The molecule has 1 aliphatic heterocycles. The van der Waals surface area contributed by atoms with Crippen molar-refractivity contribution in [2.24, 2.45) is 0 Å². The third kappa shape index (κ3) is 3.95. The molecule has 1 N–H and O–H groups in total. The number of hydrogen-bond acceptors (Lipinski definition) is 2. The van der Waals surface area contributed by atoms with Crippen molar-refractivity contribution in [2.75, 3.05) is 32.7 Å². The molecule has 88 valence electrons.